The van der Waals surface area contributed by atoms with Crippen molar-refractivity contribution in [1.82, 2.24) is 10.5 Å². The van der Waals surface area contributed by atoms with E-state index in [1.807, 2.05) is 0 Å². The lowest BCUT2D eigenvalue weighted by Gasteiger charge is -2.25. The minimum Gasteiger partial charge on any atom is -0.369 e. The van der Waals surface area contributed by atoms with Crippen molar-refractivity contribution in [2.24, 2.45) is 16.6 Å². The average molecular weight is 562 g/mol. The van der Waals surface area contributed by atoms with E-state index < -0.39 is 54.7 Å². The second-order valence-corrected chi connectivity index (χ2v) is 9.31. The summed E-state index contributed by atoms with van der Waals surface area (Å²) >= 11 is 6.34. The van der Waals surface area contributed by atoms with Crippen molar-refractivity contribution in [2.45, 2.75) is 38.0 Å². The van der Waals surface area contributed by atoms with E-state index >= 15 is 0 Å². The number of carbonyl (C=O) groups is 3. The quantitative estimate of drug-likeness (QED) is 0.380. The van der Waals surface area contributed by atoms with E-state index in [1.165, 1.54) is 6.92 Å². The Morgan fingerprint density at radius 2 is 1.90 bits per heavy atom. The summed E-state index contributed by atoms with van der Waals surface area (Å²) in [6.07, 6.45) is -7.30. The SMILES string of the molecule is Cc1nocc1C(C(N)=O)C(CCC(F)(F)F)C(=O)N[C@H]1N=C(c2ccccc2)c2cccc(Cl)c2NC1=O. The Morgan fingerprint density at radius 1 is 1.18 bits per heavy atom. The van der Waals surface area contributed by atoms with Crippen LogP contribution in [0.2, 0.25) is 5.02 Å². The maximum atomic E-state index is 13.5. The third-order valence-corrected chi connectivity index (χ3v) is 6.57. The van der Waals surface area contributed by atoms with Crippen molar-refractivity contribution in [1.29, 1.82) is 0 Å². The summed E-state index contributed by atoms with van der Waals surface area (Å²) in [5.74, 6) is -5.98. The van der Waals surface area contributed by atoms with Gasteiger partial charge >= 0.3 is 6.18 Å². The van der Waals surface area contributed by atoms with E-state index in [-0.39, 0.29) is 22.0 Å². The molecule has 1 aliphatic heterocycles. The summed E-state index contributed by atoms with van der Waals surface area (Å²) in [5.41, 5.74) is 7.44. The number of para-hydroxylation sites is 1. The normalized spacial score (nSPS) is 16.8. The van der Waals surface area contributed by atoms with Crippen molar-refractivity contribution < 1.29 is 32.1 Å². The molecule has 9 nitrogen and oxygen atoms in total. The molecule has 0 bridgehead atoms. The molecule has 4 N–H and O–H groups in total. The van der Waals surface area contributed by atoms with Crippen LogP contribution in [0.3, 0.4) is 0 Å². The summed E-state index contributed by atoms with van der Waals surface area (Å²) in [5, 5.41) is 8.91. The fourth-order valence-corrected chi connectivity index (χ4v) is 4.62. The molecule has 3 aromatic rings. The number of rotatable bonds is 8. The van der Waals surface area contributed by atoms with Gasteiger partial charge in [-0.3, -0.25) is 14.4 Å². The smallest absolute Gasteiger partial charge is 0.369 e. The fraction of sp³-hybridized carbons (Fsp3) is 0.269. The highest BCUT2D eigenvalue weighted by Gasteiger charge is 2.40. The lowest BCUT2D eigenvalue weighted by atomic mass is 9.82. The molecule has 3 amide bonds. The van der Waals surface area contributed by atoms with Gasteiger partial charge in [-0.25, -0.2) is 4.99 Å². The Bertz CT molecular complexity index is 1420. The van der Waals surface area contributed by atoms with Crippen LogP contribution >= 0.6 is 11.6 Å². The average Bonchev–Trinajstić information content (AvgIpc) is 3.23. The molecule has 0 saturated carbocycles. The van der Waals surface area contributed by atoms with Gasteiger partial charge in [-0.05, 0) is 19.4 Å². The molecule has 1 aliphatic rings. The van der Waals surface area contributed by atoms with Crippen LogP contribution in [0.1, 0.15) is 41.1 Å². The standard InChI is InChI=1S/C26H23ClF3N5O4/c1-13-17(12-39-35-13)19(22(31)36)15(10-11-26(28,29)30)24(37)34-23-25(38)33-21-16(8-5-9-18(21)27)20(32-23)14-6-3-2-4-7-14/h2-9,12,15,19,23H,10-11H2,1H3,(H2,31,36)(H,33,38)(H,34,37)/t15?,19?,23-/m1/s1. The first-order valence-electron chi connectivity index (χ1n) is 11.8. The number of aryl methyl sites for hydroxylation is 1. The van der Waals surface area contributed by atoms with Crippen molar-refractivity contribution in [3.05, 3.63) is 82.2 Å². The van der Waals surface area contributed by atoms with Gasteiger partial charge in [0.15, 0.2) is 0 Å². The number of hydrogen-bond acceptors (Lipinski definition) is 6. The minimum absolute atomic E-state index is 0.0720. The fourth-order valence-electron chi connectivity index (χ4n) is 4.40. The Balaban J connectivity index is 1.74. The van der Waals surface area contributed by atoms with E-state index in [1.54, 1.807) is 48.5 Å². The molecule has 2 heterocycles. The minimum atomic E-state index is -4.62. The molecule has 39 heavy (non-hydrogen) atoms. The molecule has 0 spiro atoms. The van der Waals surface area contributed by atoms with Gasteiger partial charge in [-0.1, -0.05) is 59.2 Å². The number of benzene rings is 2. The van der Waals surface area contributed by atoms with E-state index in [2.05, 4.69) is 20.8 Å². The van der Waals surface area contributed by atoms with Gasteiger partial charge in [0, 0.05) is 23.1 Å². The third kappa shape index (κ3) is 6.28. The van der Waals surface area contributed by atoms with Crippen molar-refractivity contribution in [3.63, 3.8) is 0 Å². The van der Waals surface area contributed by atoms with Crippen LogP contribution in [0.5, 0.6) is 0 Å². The number of anilines is 1. The highest BCUT2D eigenvalue weighted by Crippen LogP contribution is 2.35. The second kappa shape index (κ2) is 11.3. The highest BCUT2D eigenvalue weighted by molar-refractivity contribution is 6.36. The molecule has 2 unspecified atom stereocenters. The number of nitrogens with one attached hydrogen (secondary N) is 2. The molecule has 4 rings (SSSR count). The molecule has 1 aromatic heterocycles. The van der Waals surface area contributed by atoms with Gasteiger partial charge in [-0.15, -0.1) is 0 Å². The third-order valence-electron chi connectivity index (χ3n) is 6.26. The lowest BCUT2D eigenvalue weighted by molar-refractivity contribution is -0.144. The molecule has 0 radical (unpaired) electrons. The number of benzodiazepines with no additional fused rings is 1. The summed E-state index contributed by atoms with van der Waals surface area (Å²) in [4.78, 5) is 43.6. The molecule has 2 aromatic carbocycles. The largest absolute Gasteiger partial charge is 0.389 e. The van der Waals surface area contributed by atoms with Gasteiger partial charge in [0.05, 0.1) is 34.0 Å². The van der Waals surface area contributed by atoms with Crippen LogP contribution in [-0.2, 0) is 14.4 Å². The first-order chi connectivity index (χ1) is 18.5. The maximum Gasteiger partial charge on any atom is 0.389 e. The first-order valence-corrected chi connectivity index (χ1v) is 12.1. The predicted octanol–water partition coefficient (Wildman–Crippen LogP) is 4.10. The molecular weight excluding hydrogens is 539 g/mol. The summed E-state index contributed by atoms with van der Waals surface area (Å²) < 4.78 is 44.4. The summed E-state index contributed by atoms with van der Waals surface area (Å²) in [6, 6.07) is 13.7. The zero-order valence-electron chi connectivity index (χ0n) is 20.5. The monoisotopic (exact) mass is 561 g/mol. The second-order valence-electron chi connectivity index (χ2n) is 8.90. The van der Waals surface area contributed by atoms with Crippen LogP contribution in [0.25, 0.3) is 0 Å². The van der Waals surface area contributed by atoms with Gasteiger partial charge in [-0.2, -0.15) is 13.2 Å². The van der Waals surface area contributed by atoms with E-state index in [0.717, 1.165) is 6.26 Å². The van der Waals surface area contributed by atoms with Crippen LogP contribution in [0.4, 0.5) is 18.9 Å². The summed E-state index contributed by atoms with van der Waals surface area (Å²) in [7, 11) is 0. The molecule has 0 saturated heterocycles. The lowest BCUT2D eigenvalue weighted by Crippen LogP contribution is -2.47. The van der Waals surface area contributed by atoms with Crippen LogP contribution in [0, 0.1) is 12.8 Å². The number of aliphatic imine (C=N–C) groups is 1. The Hall–Kier alpha value is -4.19. The highest BCUT2D eigenvalue weighted by atomic mass is 35.5. The number of amides is 3. The van der Waals surface area contributed by atoms with Gasteiger partial charge in [0.2, 0.25) is 18.0 Å². The van der Waals surface area contributed by atoms with Crippen molar-refractivity contribution >= 4 is 40.7 Å². The Morgan fingerprint density at radius 3 is 2.51 bits per heavy atom. The number of alkyl halides is 3. The molecule has 0 fully saturated rings. The van der Waals surface area contributed by atoms with Gasteiger partial charge < -0.3 is 20.9 Å². The zero-order chi connectivity index (χ0) is 28.3. The topological polar surface area (TPSA) is 140 Å². The number of hydrogen-bond donors (Lipinski definition) is 3. The van der Waals surface area contributed by atoms with Crippen LogP contribution < -0.4 is 16.4 Å². The molecular formula is C26H23ClF3N5O4. The van der Waals surface area contributed by atoms with Crippen molar-refractivity contribution in [2.75, 3.05) is 5.32 Å². The van der Waals surface area contributed by atoms with E-state index in [4.69, 9.17) is 21.9 Å². The van der Waals surface area contributed by atoms with E-state index in [9.17, 15) is 27.6 Å². The number of carbonyl (C=O) groups excluding carboxylic acids is 3. The molecule has 13 heteroatoms. The molecule has 204 valence electrons. The molecule has 0 aliphatic carbocycles. The Kier molecular flexibility index (Phi) is 8.05. The Labute approximate surface area is 225 Å². The van der Waals surface area contributed by atoms with Crippen LogP contribution in [0.15, 0.2) is 64.3 Å². The number of nitrogens with two attached hydrogens (primary N) is 1. The maximum absolute atomic E-state index is 13.5. The summed E-state index contributed by atoms with van der Waals surface area (Å²) in [6.45, 7) is 1.46. The van der Waals surface area contributed by atoms with Crippen molar-refractivity contribution in [3.8, 4) is 0 Å². The number of fused-ring (bicyclic) bond motifs is 1. The van der Waals surface area contributed by atoms with Gasteiger partial charge in [0.1, 0.15) is 6.26 Å². The molecule has 3 atom stereocenters. The zero-order valence-corrected chi connectivity index (χ0v) is 21.2. The number of halogens is 4. The van der Waals surface area contributed by atoms with Gasteiger partial charge in [0.25, 0.3) is 5.91 Å². The number of aromatic nitrogens is 1. The van der Waals surface area contributed by atoms with Crippen LogP contribution in [-0.4, -0.2) is 40.9 Å². The van der Waals surface area contributed by atoms with E-state index in [0.29, 0.717) is 16.8 Å². The first kappa shape index (κ1) is 27.8. The number of primary amides is 1. The number of nitrogens with zero attached hydrogens (tertiary/aromatic N) is 2. The predicted molar refractivity (Wildman–Crippen MR) is 136 cm³/mol.